The van der Waals surface area contributed by atoms with Gasteiger partial charge >= 0.3 is 0 Å². The van der Waals surface area contributed by atoms with Crippen molar-refractivity contribution < 1.29 is 4.79 Å². The SMILES string of the molecule is CCCCCCC(=O)NC(=S)Nc1c(C)cccc1C. The van der Waals surface area contributed by atoms with E-state index in [1.807, 2.05) is 32.0 Å². The number of anilines is 1. The van der Waals surface area contributed by atoms with E-state index in [0.717, 1.165) is 29.7 Å². The van der Waals surface area contributed by atoms with Crippen LogP contribution in [0, 0.1) is 13.8 Å². The Morgan fingerprint density at radius 1 is 1.15 bits per heavy atom. The molecule has 3 nitrogen and oxygen atoms in total. The van der Waals surface area contributed by atoms with Crippen LogP contribution in [0.1, 0.15) is 50.2 Å². The monoisotopic (exact) mass is 292 g/mol. The van der Waals surface area contributed by atoms with Crippen LogP contribution in [-0.2, 0) is 4.79 Å². The molecule has 0 spiro atoms. The van der Waals surface area contributed by atoms with Crippen LogP contribution in [0.4, 0.5) is 5.69 Å². The lowest BCUT2D eigenvalue weighted by molar-refractivity contribution is -0.119. The van der Waals surface area contributed by atoms with Gasteiger partial charge in [0.15, 0.2) is 5.11 Å². The fourth-order valence-corrected chi connectivity index (χ4v) is 2.27. The Balaban J connectivity index is 2.42. The summed E-state index contributed by atoms with van der Waals surface area (Å²) in [6.45, 7) is 6.19. The summed E-state index contributed by atoms with van der Waals surface area (Å²) in [4.78, 5) is 11.7. The van der Waals surface area contributed by atoms with Gasteiger partial charge in [0, 0.05) is 12.1 Å². The van der Waals surface area contributed by atoms with Crippen molar-refractivity contribution in [2.75, 3.05) is 5.32 Å². The van der Waals surface area contributed by atoms with Crippen molar-refractivity contribution in [3.05, 3.63) is 29.3 Å². The third-order valence-electron chi connectivity index (χ3n) is 3.23. The van der Waals surface area contributed by atoms with Gasteiger partial charge in [0.25, 0.3) is 0 Å². The zero-order valence-electron chi connectivity index (χ0n) is 12.6. The normalized spacial score (nSPS) is 10.2. The van der Waals surface area contributed by atoms with Gasteiger partial charge in [0.05, 0.1) is 0 Å². The third kappa shape index (κ3) is 5.70. The lowest BCUT2D eigenvalue weighted by atomic mass is 10.1. The van der Waals surface area contributed by atoms with Crippen molar-refractivity contribution in [2.24, 2.45) is 0 Å². The van der Waals surface area contributed by atoms with Gasteiger partial charge in [-0.15, -0.1) is 0 Å². The molecule has 0 aliphatic rings. The average Bonchev–Trinajstić information content (AvgIpc) is 2.39. The molecule has 0 atom stereocenters. The van der Waals surface area contributed by atoms with E-state index < -0.39 is 0 Å². The molecule has 0 radical (unpaired) electrons. The highest BCUT2D eigenvalue weighted by atomic mass is 32.1. The lowest BCUT2D eigenvalue weighted by Gasteiger charge is -2.14. The zero-order valence-corrected chi connectivity index (χ0v) is 13.4. The number of thiocarbonyl (C=S) groups is 1. The molecule has 1 amide bonds. The molecule has 0 unspecified atom stereocenters. The number of hydrogen-bond acceptors (Lipinski definition) is 2. The van der Waals surface area contributed by atoms with Crippen molar-refractivity contribution in [1.82, 2.24) is 5.32 Å². The van der Waals surface area contributed by atoms with Crippen molar-refractivity contribution in [2.45, 2.75) is 52.9 Å². The Hall–Kier alpha value is -1.42. The van der Waals surface area contributed by atoms with Crippen LogP contribution >= 0.6 is 12.2 Å². The van der Waals surface area contributed by atoms with Crippen LogP contribution in [0.15, 0.2) is 18.2 Å². The summed E-state index contributed by atoms with van der Waals surface area (Å²) < 4.78 is 0. The number of unbranched alkanes of at least 4 members (excludes halogenated alkanes) is 3. The molecule has 0 fully saturated rings. The summed E-state index contributed by atoms with van der Waals surface area (Å²) in [5, 5.41) is 6.23. The molecule has 0 aromatic heterocycles. The molecule has 4 heteroatoms. The van der Waals surface area contributed by atoms with E-state index in [-0.39, 0.29) is 5.91 Å². The van der Waals surface area contributed by atoms with E-state index in [4.69, 9.17) is 12.2 Å². The smallest absolute Gasteiger partial charge is 0.226 e. The second kappa shape index (κ2) is 8.69. The van der Waals surface area contributed by atoms with Gasteiger partial charge in [0.2, 0.25) is 5.91 Å². The van der Waals surface area contributed by atoms with E-state index in [1.54, 1.807) is 0 Å². The Morgan fingerprint density at radius 3 is 2.40 bits per heavy atom. The molecule has 0 saturated carbocycles. The van der Waals surface area contributed by atoms with E-state index >= 15 is 0 Å². The Bertz CT molecular complexity index is 451. The molecule has 1 rings (SSSR count). The predicted octanol–water partition coefficient (Wildman–Crippen LogP) is 4.09. The van der Waals surface area contributed by atoms with Crippen molar-refractivity contribution in [1.29, 1.82) is 0 Å². The van der Waals surface area contributed by atoms with Crippen LogP contribution in [0.25, 0.3) is 0 Å². The maximum atomic E-state index is 11.7. The summed E-state index contributed by atoms with van der Waals surface area (Å²) in [6.07, 6.45) is 4.91. The fourth-order valence-electron chi connectivity index (χ4n) is 2.06. The van der Waals surface area contributed by atoms with Crippen molar-refractivity contribution in [3.8, 4) is 0 Å². The number of hydrogen-bond donors (Lipinski definition) is 2. The van der Waals surface area contributed by atoms with Gasteiger partial charge in [-0.2, -0.15) is 0 Å². The van der Waals surface area contributed by atoms with Gasteiger partial charge in [-0.3, -0.25) is 4.79 Å². The van der Waals surface area contributed by atoms with Gasteiger partial charge in [0.1, 0.15) is 0 Å². The van der Waals surface area contributed by atoms with Crippen LogP contribution < -0.4 is 10.6 Å². The third-order valence-corrected chi connectivity index (χ3v) is 3.43. The molecule has 0 aliphatic heterocycles. The quantitative estimate of drug-likeness (QED) is 0.613. The number of para-hydroxylation sites is 1. The van der Waals surface area contributed by atoms with Crippen LogP contribution in [0.2, 0.25) is 0 Å². The number of benzene rings is 1. The molecule has 0 aliphatic carbocycles. The standard InChI is InChI=1S/C16H24N2OS/c1-4-5-6-7-11-14(19)17-16(20)18-15-12(2)9-8-10-13(15)3/h8-10H,4-7,11H2,1-3H3,(H2,17,18,19,20). The number of nitrogens with one attached hydrogen (secondary N) is 2. The molecule has 0 bridgehead atoms. The summed E-state index contributed by atoms with van der Waals surface area (Å²) in [6, 6.07) is 6.04. The van der Waals surface area contributed by atoms with E-state index in [9.17, 15) is 4.79 Å². The number of aryl methyl sites for hydroxylation is 2. The van der Waals surface area contributed by atoms with Gasteiger partial charge < -0.3 is 10.6 Å². The molecule has 2 N–H and O–H groups in total. The lowest BCUT2D eigenvalue weighted by Crippen LogP contribution is -2.34. The first kappa shape index (κ1) is 16.6. The largest absolute Gasteiger partial charge is 0.332 e. The maximum Gasteiger partial charge on any atom is 0.226 e. The number of carbonyl (C=O) groups is 1. The summed E-state index contributed by atoms with van der Waals surface area (Å²) in [7, 11) is 0. The molecular weight excluding hydrogens is 268 g/mol. The summed E-state index contributed by atoms with van der Waals surface area (Å²) >= 11 is 5.19. The topological polar surface area (TPSA) is 41.1 Å². The minimum absolute atomic E-state index is 0.00941. The first-order valence-corrected chi connectivity index (χ1v) is 7.62. The van der Waals surface area contributed by atoms with Gasteiger partial charge in [-0.05, 0) is 43.6 Å². The highest BCUT2D eigenvalue weighted by Crippen LogP contribution is 2.19. The molecule has 110 valence electrons. The van der Waals surface area contributed by atoms with Crippen LogP contribution in [0.5, 0.6) is 0 Å². The Kier molecular flexibility index (Phi) is 7.23. The minimum Gasteiger partial charge on any atom is -0.332 e. The van der Waals surface area contributed by atoms with Crippen LogP contribution in [0.3, 0.4) is 0 Å². The van der Waals surface area contributed by atoms with Gasteiger partial charge in [-0.25, -0.2) is 0 Å². The van der Waals surface area contributed by atoms with Crippen LogP contribution in [-0.4, -0.2) is 11.0 Å². The molecule has 20 heavy (non-hydrogen) atoms. The second-order valence-corrected chi connectivity index (χ2v) is 5.49. The molecule has 1 aromatic carbocycles. The Morgan fingerprint density at radius 2 is 1.80 bits per heavy atom. The zero-order chi connectivity index (χ0) is 15.0. The highest BCUT2D eigenvalue weighted by molar-refractivity contribution is 7.80. The number of carbonyl (C=O) groups excluding carboxylic acids is 1. The van der Waals surface area contributed by atoms with Crippen molar-refractivity contribution in [3.63, 3.8) is 0 Å². The van der Waals surface area contributed by atoms with E-state index in [2.05, 4.69) is 17.6 Å². The number of rotatable bonds is 6. The maximum absolute atomic E-state index is 11.7. The number of amides is 1. The minimum atomic E-state index is -0.00941. The average molecular weight is 292 g/mol. The highest BCUT2D eigenvalue weighted by Gasteiger charge is 2.07. The summed E-state index contributed by atoms with van der Waals surface area (Å²) in [5.41, 5.74) is 3.21. The molecule has 0 heterocycles. The fraction of sp³-hybridized carbons (Fsp3) is 0.500. The van der Waals surface area contributed by atoms with E-state index in [1.165, 1.54) is 12.8 Å². The summed E-state index contributed by atoms with van der Waals surface area (Å²) in [5.74, 6) is -0.00941. The van der Waals surface area contributed by atoms with Crippen molar-refractivity contribution >= 4 is 28.9 Å². The Labute approximate surface area is 127 Å². The van der Waals surface area contributed by atoms with Gasteiger partial charge in [-0.1, -0.05) is 44.4 Å². The molecular formula is C16H24N2OS. The predicted molar refractivity (Wildman–Crippen MR) is 89.0 cm³/mol. The van der Waals surface area contributed by atoms with E-state index in [0.29, 0.717) is 11.5 Å². The first-order chi connectivity index (χ1) is 9.54. The first-order valence-electron chi connectivity index (χ1n) is 7.21. The second-order valence-electron chi connectivity index (χ2n) is 5.08. The molecule has 1 aromatic rings. The molecule has 0 saturated heterocycles.